The van der Waals surface area contributed by atoms with E-state index in [1.54, 1.807) is 12.1 Å². The summed E-state index contributed by atoms with van der Waals surface area (Å²) >= 11 is 4.69. The number of nitrogens with one attached hydrogen (secondary N) is 1. The van der Waals surface area contributed by atoms with Gasteiger partial charge in [0.25, 0.3) is 5.91 Å². The summed E-state index contributed by atoms with van der Waals surface area (Å²) in [6.07, 6.45) is 2.20. The number of nitrogens with zero attached hydrogens (tertiary/aromatic N) is 3. The van der Waals surface area contributed by atoms with Crippen LogP contribution < -0.4 is 14.8 Å². The fraction of sp³-hybridized carbons (Fsp3) is 0.280. The molecule has 3 rings (SSSR count). The molecule has 0 aliphatic rings. The van der Waals surface area contributed by atoms with Crippen LogP contribution in [0.1, 0.15) is 23.1 Å². The minimum absolute atomic E-state index is 0.0781. The molecule has 1 aromatic heterocycles. The number of amides is 1. The monoisotopic (exact) mass is 556 g/mol. The molecule has 0 unspecified atom stereocenters. The smallest absolute Gasteiger partial charge is 0.268 e. The molecule has 0 saturated heterocycles. The maximum atomic E-state index is 12.6. The van der Waals surface area contributed by atoms with Gasteiger partial charge in [-0.3, -0.25) is 10.1 Å². The van der Waals surface area contributed by atoms with Gasteiger partial charge in [-0.15, -0.1) is 10.2 Å². The second-order valence-electron chi connectivity index (χ2n) is 7.28. The van der Waals surface area contributed by atoms with Gasteiger partial charge in [0, 0.05) is 10.0 Å². The van der Waals surface area contributed by atoms with Crippen molar-refractivity contribution in [3.05, 3.63) is 68.6 Å². The molecule has 0 atom stereocenters. The van der Waals surface area contributed by atoms with Crippen LogP contribution in [-0.4, -0.2) is 42.5 Å². The topological polar surface area (TPSA) is 106 Å². The number of ether oxygens (including phenoxy) is 3. The number of anilines is 1. The lowest BCUT2D eigenvalue weighted by atomic mass is 10.1. The molecule has 1 amide bonds. The highest BCUT2D eigenvalue weighted by molar-refractivity contribution is 9.10. The zero-order valence-electron chi connectivity index (χ0n) is 19.4. The number of rotatable bonds is 12. The maximum absolute atomic E-state index is 12.6. The summed E-state index contributed by atoms with van der Waals surface area (Å²) in [5.74, 6) is 0.766. The molecular weight excluding hydrogens is 532 g/mol. The van der Waals surface area contributed by atoms with E-state index in [9.17, 15) is 10.1 Å². The number of carbonyl (C=O) groups excluding carboxylic acids is 1. The van der Waals surface area contributed by atoms with Gasteiger partial charge in [0.15, 0.2) is 0 Å². The van der Waals surface area contributed by atoms with Gasteiger partial charge in [-0.05, 0) is 49.8 Å². The van der Waals surface area contributed by atoms with Crippen molar-refractivity contribution in [3.8, 4) is 17.6 Å². The van der Waals surface area contributed by atoms with E-state index < -0.39 is 5.91 Å². The Labute approximate surface area is 216 Å². The van der Waals surface area contributed by atoms with Crippen molar-refractivity contribution in [2.24, 2.45) is 0 Å². The van der Waals surface area contributed by atoms with E-state index in [-0.39, 0.29) is 5.57 Å². The van der Waals surface area contributed by atoms with Gasteiger partial charge < -0.3 is 14.2 Å². The molecule has 0 spiro atoms. The minimum Gasteiger partial charge on any atom is -0.491 e. The van der Waals surface area contributed by atoms with E-state index in [1.165, 1.54) is 23.0 Å². The van der Waals surface area contributed by atoms with Crippen LogP contribution >= 0.6 is 27.3 Å². The molecule has 1 N–H and O–H groups in total. The molecule has 0 bridgehead atoms. The molecule has 0 radical (unpaired) electrons. The Bertz CT molecular complexity index is 1200. The number of carbonyl (C=O) groups is 1. The Kier molecular flexibility index (Phi) is 10.2. The molecule has 0 aliphatic heterocycles. The second-order valence-corrected chi connectivity index (χ2v) is 9.26. The van der Waals surface area contributed by atoms with Crippen molar-refractivity contribution >= 4 is 44.4 Å². The van der Waals surface area contributed by atoms with Crippen LogP contribution in [0.3, 0.4) is 0 Å². The predicted molar refractivity (Wildman–Crippen MR) is 139 cm³/mol. The van der Waals surface area contributed by atoms with Crippen molar-refractivity contribution in [2.45, 2.75) is 20.3 Å². The van der Waals surface area contributed by atoms with Gasteiger partial charge in [0.2, 0.25) is 5.13 Å². The number of aryl methyl sites for hydroxylation is 2. The molecule has 0 fully saturated rings. The van der Waals surface area contributed by atoms with Crippen LogP contribution in [0.2, 0.25) is 0 Å². The molecule has 3 aromatic rings. The number of halogens is 1. The van der Waals surface area contributed by atoms with Gasteiger partial charge in [-0.2, -0.15) is 5.26 Å². The summed E-state index contributed by atoms with van der Waals surface area (Å²) in [4.78, 5) is 12.6. The third-order valence-corrected chi connectivity index (χ3v) is 6.11. The molecule has 2 aromatic carbocycles. The molecule has 182 valence electrons. The largest absolute Gasteiger partial charge is 0.491 e. The first-order valence-corrected chi connectivity index (χ1v) is 12.5. The highest BCUT2D eigenvalue weighted by Crippen LogP contribution is 2.26. The Morgan fingerprint density at radius 3 is 2.54 bits per heavy atom. The van der Waals surface area contributed by atoms with Gasteiger partial charge in [-0.1, -0.05) is 51.9 Å². The van der Waals surface area contributed by atoms with Gasteiger partial charge in [0.1, 0.15) is 41.4 Å². The van der Waals surface area contributed by atoms with Gasteiger partial charge in [0.05, 0.1) is 13.2 Å². The Balaban J connectivity index is 1.52. The summed E-state index contributed by atoms with van der Waals surface area (Å²) in [7, 11) is 0. The highest BCUT2D eigenvalue weighted by Gasteiger charge is 2.14. The van der Waals surface area contributed by atoms with E-state index in [1.807, 2.05) is 50.2 Å². The zero-order valence-corrected chi connectivity index (χ0v) is 21.8. The molecule has 8 nitrogen and oxygen atoms in total. The number of benzene rings is 2. The molecule has 0 aliphatic carbocycles. The lowest BCUT2D eigenvalue weighted by molar-refractivity contribution is -0.112. The standard InChI is InChI=1S/C25H25BrN4O4S/c1-3-23-29-30-25(35-23)28-24(31)19(16-27)14-18-15-20(26)6-9-22(18)34-13-11-32-10-12-33-21-7-4-17(2)5-8-21/h4-9,14-15H,3,10-13H2,1-2H3,(H,28,30,31)/b19-14-. The molecule has 0 saturated carbocycles. The Hall–Kier alpha value is -3.26. The summed E-state index contributed by atoms with van der Waals surface area (Å²) < 4.78 is 17.8. The predicted octanol–water partition coefficient (Wildman–Crippen LogP) is 5.19. The normalized spacial score (nSPS) is 11.1. The molecule has 10 heteroatoms. The number of nitriles is 1. The van der Waals surface area contributed by atoms with Gasteiger partial charge in [-0.25, -0.2) is 0 Å². The van der Waals surface area contributed by atoms with Crippen LogP contribution in [0.15, 0.2) is 52.5 Å². The molecular formula is C25H25BrN4O4S. The molecule has 35 heavy (non-hydrogen) atoms. The van der Waals surface area contributed by atoms with Crippen molar-refractivity contribution in [1.29, 1.82) is 5.26 Å². The van der Waals surface area contributed by atoms with E-state index in [4.69, 9.17) is 14.2 Å². The summed E-state index contributed by atoms with van der Waals surface area (Å²) in [6, 6.07) is 15.1. The summed E-state index contributed by atoms with van der Waals surface area (Å²) in [6.45, 7) is 5.49. The highest BCUT2D eigenvalue weighted by atomic mass is 79.9. The number of hydrogen-bond donors (Lipinski definition) is 1. The maximum Gasteiger partial charge on any atom is 0.268 e. The number of hydrogen-bond acceptors (Lipinski definition) is 8. The third kappa shape index (κ3) is 8.47. The van der Waals surface area contributed by atoms with E-state index >= 15 is 0 Å². The second kappa shape index (κ2) is 13.6. The fourth-order valence-corrected chi connectivity index (χ4v) is 3.90. The minimum atomic E-state index is -0.561. The zero-order chi connectivity index (χ0) is 25.0. The third-order valence-electron chi connectivity index (χ3n) is 4.63. The quantitative estimate of drug-likeness (QED) is 0.186. The van der Waals surface area contributed by atoms with Crippen molar-refractivity contribution in [2.75, 3.05) is 31.7 Å². The number of aromatic nitrogens is 2. The van der Waals surface area contributed by atoms with Crippen LogP contribution in [0.5, 0.6) is 11.5 Å². The lowest BCUT2D eigenvalue weighted by Gasteiger charge is -2.11. The van der Waals surface area contributed by atoms with Crippen LogP contribution in [-0.2, 0) is 16.0 Å². The first-order valence-electron chi connectivity index (χ1n) is 10.9. The first kappa shape index (κ1) is 26.3. The fourth-order valence-electron chi connectivity index (χ4n) is 2.84. The van der Waals surface area contributed by atoms with Crippen LogP contribution in [0, 0.1) is 18.3 Å². The Morgan fingerprint density at radius 1 is 1.11 bits per heavy atom. The van der Waals surface area contributed by atoms with E-state index in [2.05, 4.69) is 31.4 Å². The Morgan fingerprint density at radius 2 is 1.86 bits per heavy atom. The van der Waals surface area contributed by atoms with Crippen molar-refractivity contribution < 1.29 is 19.0 Å². The molecule has 1 heterocycles. The van der Waals surface area contributed by atoms with Crippen LogP contribution in [0.25, 0.3) is 6.08 Å². The van der Waals surface area contributed by atoms with Crippen LogP contribution in [0.4, 0.5) is 5.13 Å². The average Bonchev–Trinajstić information content (AvgIpc) is 3.31. The summed E-state index contributed by atoms with van der Waals surface area (Å²) in [5, 5.41) is 21.2. The van der Waals surface area contributed by atoms with Gasteiger partial charge >= 0.3 is 0 Å². The average molecular weight is 557 g/mol. The SMILES string of the molecule is CCc1nnc(NC(=O)/C(C#N)=C\c2cc(Br)ccc2OCCOCCOc2ccc(C)cc2)s1. The van der Waals surface area contributed by atoms with E-state index in [0.29, 0.717) is 42.9 Å². The van der Waals surface area contributed by atoms with Crippen molar-refractivity contribution in [1.82, 2.24) is 10.2 Å². The van der Waals surface area contributed by atoms with Crippen molar-refractivity contribution in [3.63, 3.8) is 0 Å². The first-order chi connectivity index (χ1) is 17.0. The van der Waals surface area contributed by atoms with E-state index in [0.717, 1.165) is 21.7 Å². The lowest BCUT2D eigenvalue weighted by Crippen LogP contribution is -2.14. The summed E-state index contributed by atoms with van der Waals surface area (Å²) in [5.41, 5.74) is 1.68.